The lowest BCUT2D eigenvalue weighted by Crippen LogP contribution is -2.46. The van der Waals surface area contributed by atoms with Crippen LogP contribution in [0.4, 0.5) is 4.79 Å². The molecule has 0 atom stereocenters. The first kappa shape index (κ1) is 19.2. The highest BCUT2D eigenvalue weighted by atomic mass is 16.5. The Bertz CT molecular complexity index is 697. The largest absolute Gasteiger partial charge is 0.487 e. The molecule has 0 saturated heterocycles. The number of ether oxygens (including phenoxy) is 1. The fourth-order valence-electron chi connectivity index (χ4n) is 3.58. The van der Waals surface area contributed by atoms with Gasteiger partial charge in [-0.25, -0.2) is 4.79 Å². The van der Waals surface area contributed by atoms with Crippen molar-refractivity contribution in [1.82, 2.24) is 15.2 Å². The van der Waals surface area contributed by atoms with Gasteiger partial charge in [0.05, 0.1) is 5.69 Å². The van der Waals surface area contributed by atoms with E-state index in [4.69, 9.17) is 4.74 Å². The molecule has 0 spiro atoms. The molecule has 144 valence electrons. The number of rotatable bonds is 7. The number of nitrogens with one attached hydrogen (secondary N) is 1. The Balaban J connectivity index is 1.46. The summed E-state index contributed by atoms with van der Waals surface area (Å²) in [6.07, 6.45) is 7.78. The highest BCUT2D eigenvalue weighted by molar-refractivity contribution is 5.74. The number of carbonyl (C=O) groups excluding carboxylic acids is 1. The highest BCUT2D eigenvalue weighted by Crippen LogP contribution is 2.22. The summed E-state index contributed by atoms with van der Waals surface area (Å²) in [7, 11) is 0. The van der Waals surface area contributed by atoms with Gasteiger partial charge in [0, 0.05) is 25.3 Å². The Morgan fingerprint density at radius 3 is 2.59 bits per heavy atom. The van der Waals surface area contributed by atoms with Crippen LogP contribution < -0.4 is 10.1 Å². The molecule has 2 amide bonds. The fourth-order valence-corrected chi connectivity index (χ4v) is 3.58. The van der Waals surface area contributed by atoms with Crippen LogP contribution in [0.3, 0.4) is 0 Å². The Kier molecular flexibility index (Phi) is 7.08. The molecule has 3 rings (SSSR count). The van der Waals surface area contributed by atoms with Crippen LogP contribution in [-0.2, 0) is 13.2 Å². The minimum Gasteiger partial charge on any atom is -0.487 e. The third-order valence-electron chi connectivity index (χ3n) is 5.10. The van der Waals surface area contributed by atoms with Gasteiger partial charge in [0.25, 0.3) is 0 Å². The van der Waals surface area contributed by atoms with Crippen molar-refractivity contribution in [2.24, 2.45) is 0 Å². The maximum Gasteiger partial charge on any atom is 0.317 e. The third kappa shape index (κ3) is 5.71. The standard InChI is InChI=1S/C22H29N3O2/c1-2-25(20-9-4-3-5-10-20)22(26)24-16-18-11-13-21(14-12-18)27-17-19-8-6-7-15-23-19/h6-8,11-15,20H,2-5,9-10,16-17H2,1H3,(H,24,26). The van der Waals surface area contributed by atoms with Crippen LogP contribution >= 0.6 is 0 Å². The van der Waals surface area contributed by atoms with Crippen LogP contribution in [0.1, 0.15) is 50.3 Å². The van der Waals surface area contributed by atoms with E-state index in [2.05, 4.69) is 17.2 Å². The van der Waals surface area contributed by atoms with Crippen LogP contribution in [0.5, 0.6) is 5.75 Å². The summed E-state index contributed by atoms with van der Waals surface area (Å²) in [6.45, 7) is 3.80. The van der Waals surface area contributed by atoms with E-state index in [0.29, 0.717) is 19.2 Å². The summed E-state index contributed by atoms with van der Waals surface area (Å²) < 4.78 is 5.75. The lowest BCUT2D eigenvalue weighted by Gasteiger charge is -2.33. The summed E-state index contributed by atoms with van der Waals surface area (Å²) in [6, 6.07) is 14.1. The SMILES string of the molecule is CCN(C(=O)NCc1ccc(OCc2ccccn2)cc1)C1CCCCC1. The van der Waals surface area contributed by atoms with Gasteiger partial charge in [0.1, 0.15) is 12.4 Å². The number of hydrogen-bond donors (Lipinski definition) is 1. The van der Waals surface area contributed by atoms with E-state index in [1.54, 1.807) is 6.20 Å². The molecule has 1 aliphatic carbocycles. The Morgan fingerprint density at radius 2 is 1.93 bits per heavy atom. The second kappa shape index (κ2) is 9.95. The van der Waals surface area contributed by atoms with Gasteiger partial charge in [-0.1, -0.05) is 37.5 Å². The van der Waals surface area contributed by atoms with Crippen LogP contribution in [-0.4, -0.2) is 28.5 Å². The van der Waals surface area contributed by atoms with Crippen LogP contribution in [0, 0.1) is 0 Å². The second-order valence-corrected chi connectivity index (χ2v) is 6.99. The summed E-state index contributed by atoms with van der Waals surface area (Å²) in [5.74, 6) is 0.799. The average Bonchev–Trinajstić information content (AvgIpc) is 2.73. The van der Waals surface area contributed by atoms with Gasteiger partial charge in [-0.05, 0) is 49.6 Å². The molecule has 1 fully saturated rings. The number of aromatic nitrogens is 1. The number of carbonyl (C=O) groups is 1. The van der Waals surface area contributed by atoms with Crippen molar-refractivity contribution in [2.75, 3.05) is 6.54 Å². The van der Waals surface area contributed by atoms with Gasteiger partial charge in [-0.15, -0.1) is 0 Å². The van der Waals surface area contributed by atoms with E-state index in [1.807, 2.05) is 47.4 Å². The molecule has 0 radical (unpaired) electrons. The third-order valence-corrected chi connectivity index (χ3v) is 5.10. The smallest absolute Gasteiger partial charge is 0.317 e. The van der Waals surface area contributed by atoms with Gasteiger partial charge < -0.3 is 15.0 Å². The topological polar surface area (TPSA) is 54.5 Å². The number of nitrogens with zero attached hydrogens (tertiary/aromatic N) is 2. The first-order valence-electron chi connectivity index (χ1n) is 9.92. The molecule has 1 N–H and O–H groups in total. The lowest BCUT2D eigenvalue weighted by atomic mass is 9.94. The molecule has 1 aromatic heterocycles. The summed E-state index contributed by atoms with van der Waals surface area (Å²) in [4.78, 5) is 18.8. The molecule has 0 unspecified atom stereocenters. The molecule has 2 aromatic rings. The van der Waals surface area contributed by atoms with Gasteiger partial charge >= 0.3 is 6.03 Å². The van der Waals surface area contributed by atoms with Crippen molar-refractivity contribution in [3.05, 3.63) is 59.9 Å². The predicted octanol–water partition coefficient (Wildman–Crippen LogP) is 4.52. The summed E-state index contributed by atoms with van der Waals surface area (Å²) in [5.41, 5.74) is 1.96. The van der Waals surface area contributed by atoms with E-state index < -0.39 is 0 Å². The maximum atomic E-state index is 12.6. The maximum absolute atomic E-state index is 12.6. The molecule has 1 aromatic carbocycles. The zero-order valence-corrected chi connectivity index (χ0v) is 16.1. The van der Waals surface area contributed by atoms with Crippen molar-refractivity contribution in [1.29, 1.82) is 0 Å². The monoisotopic (exact) mass is 367 g/mol. The highest BCUT2D eigenvalue weighted by Gasteiger charge is 2.23. The van der Waals surface area contributed by atoms with Gasteiger partial charge in [0.15, 0.2) is 0 Å². The molecule has 1 heterocycles. The van der Waals surface area contributed by atoms with Gasteiger partial charge in [-0.3, -0.25) is 4.98 Å². The van der Waals surface area contributed by atoms with Crippen molar-refractivity contribution in [3.63, 3.8) is 0 Å². The van der Waals surface area contributed by atoms with Crippen molar-refractivity contribution >= 4 is 6.03 Å². The first-order chi connectivity index (χ1) is 13.3. The van der Waals surface area contributed by atoms with Crippen molar-refractivity contribution in [2.45, 2.75) is 58.2 Å². The van der Waals surface area contributed by atoms with Crippen molar-refractivity contribution in [3.8, 4) is 5.75 Å². The second-order valence-electron chi connectivity index (χ2n) is 6.99. The van der Waals surface area contributed by atoms with E-state index in [1.165, 1.54) is 19.3 Å². The Morgan fingerprint density at radius 1 is 1.15 bits per heavy atom. The summed E-state index contributed by atoms with van der Waals surface area (Å²) >= 11 is 0. The lowest BCUT2D eigenvalue weighted by molar-refractivity contribution is 0.159. The van der Waals surface area contributed by atoms with Crippen LogP contribution in [0.25, 0.3) is 0 Å². The fraction of sp³-hybridized carbons (Fsp3) is 0.455. The minimum absolute atomic E-state index is 0.0416. The number of hydrogen-bond acceptors (Lipinski definition) is 3. The molecule has 5 heteroatoms. The van der Waals surface area contributed by atoms with Crippen molar-refractivity contribution < 1.29 is 9.53 Å². The number of benzene rings is 1. The van der Waals surface area contributed by atoms with E-state index >= 15 is 0 Å². The number of urea groups is 1. The summed E-state index contributed by atoms with van der Waals surface area (Å²) in [5, 5.41) is 3.06. The first-order valence-corrected chi connectivity index (χ1v) is 9.92. The predicted molar refractivity (Wildman–Crippen MR) is 106 cm³/mol. The van der Waals surface area contributed by atoms with Crippen LogP contribution in [0.15, 0.2) is 48.7 Å². The van der Waals surface area contributed by atoms with Crippen LogP contribution in [0.2, 0.25) is 0 Å². The molecule has 1 saturated carbocycles. The normalized spacial score (nSPS) is 14.6. The molecule has 27 heavy (non-hydrogen) atoms. The zero-order chi connectivity index (χ0) is 18.9. The molecule has 1 aliphatic rings. The molecule has 0 aliphatic heterocycles. The Labute approximate surface area is 161 Å². The zero-order valence-electron chi connectivity index (χ0n) is 16.1. The quantitative estimate of drug-likeness (QED) is 0.782. The van der Waals surface area contributed by atoms with E-state index in [-0.39, 0.29) is 6.03 Å². The molecule has 0 bridgehead atoms. The number of amides is 2. The van der Waals surface area contributed by atoms with Gasteiger partial charge in [0.2, 0.25) is 0 Å². The average molecular weight is 367 g/mol. The van der Waals surface area contributed by atoms with E-state index in [0.717, 1.165) is 36.4 Å². The molecular weight excluding hydrogens is 338 g/mol. The molecular formula is C22H29N3O2. The Hall–Kier alpha value is -2.56. The minimum atomic E-state index is 0.0416. The van der Waals surface area contributed by atoms with Gasteiger partial charge in [-0.2, -0.15) is 0 Å². The number of pyridine rings is 1. The molecule has 5 nitrogen and oxygen atoms in total. The van der Waals surface area contributed by atoms with E-state index in [9.17, 15) is 4.79 Å².